The minimum absolute atomic E-state index is 0.0562. The number of carbonyl (C=O) groups is 1. The van der Waals surface area contributed by atoms with Gasteiger partial charge < -0.3 is 4.43 Å². The Labute approximate surface area is 98.8 Å². The molecule has 0 fully saturated rings. The van der Waals surface area contributed by atoms with Gasteiger partial charge in [0, 0.05) is 11.5 Å². The SMILES string of the molecule is C=C(Cl)CCC(=O)O[Si](C)(C)C(C)(C)C. The molecule has 0 aromatic rings. The highest BCUT2D eigenvalue weighted by atomic mass is 35.5. The van der Waals surface area contributed by atoms with Gasteiger partial charge in [0.25, 0.3) is 14.3 Å². The van der Waals surface area contributed by atoms with E-state index in [1.54, 1.807) is 0 Å². The molecule has 0 saturated heterocycles. The van der Waals surface area contributed by atoms with E-state index in [0.29, 0.717) is 17.9 Å². The Morgan fingerprint density at radius 1 is 1.33 bits per heavy atom. The van der Waals surface area contributed by atoms with E-state index in [0.717, 1.165) is 0 Å². The number of hydrogen-bond donors (Lipinski definition) is 0. The third-order valence-corrected chi connectivity index (χ3v) is 7.31. The normalized spacial score (nSPS) is 12.4. The summed E-state index contributed by atoms with van der Waals surface area (Å²) in [6.07, 6.45) is 0.823. The molecule has 0 aliphatic heterocycles. The van der Waals surface area contributed by atoms with E-state index in [1.165, 1.54) is 0 Å². The molecule has 0 aliphatic rings. The highest BCUT2D eigenvalue weighted by Crippen LogP contribution is 2.36. The molecule has 0 aromatic heterocycles. The monoisotopic (exact) mass is 248 g/mol. The van der Waals surface area contributed by atoms with Crippen molar-refractivity contribution in [1.29, 1.82) is 0 Å². The first-order valence-corrected chi connectivity index (χ1v) is 8.40. The van der Waals surface area contributed by atoms with Crippen LogP contribution in [0.25, 0.3) is 0 Å². The minimum Gasteiger partial charge on any atom is -0.519 e. The van der Waals surface area contributed by atoms with E-state index in [1.807, 2.05) is 0 Å². The van der Waals surface area contributed by atoms with Crippen LogP contribution in [0.3, 0.4) is 0 Å². The lowest BCUT2D eigenvalue weighted by molar-refractivity contribution is -0.135. The molecule has 0 rings (SSSR count). The summed E-state index contributed by atoms with van der Waals surface area (Å²) in [6.45, 7) is 14.0. The maximum absolute atomic E-state index is 11.5. The molecule has 0 heterocycles. The Morgan fingerprint density at radius 2 is 1.80 bits per heavy atom. The van der Waals surface area contributed by atoms with Crippen LogP contribution in [0, 0.1) is 0 Å². The fourth-order valence-corrected chi connectivity index (χ4v) is 1.80. The molecule has 0 saturated carbocycles. The standard InChI is InChI=1S/C11H21ClO2Si/c1-9(12)7-8-10(13)14-15(5,6)11(2,3)4/h1,7-8H2,2-6H3. The molecule has 0 unspecified atom stereocenters. The lowest BCUT2D eigenvalue weighted by atomic mass is 10.2. The van der Waals surface area contributed by atoms with Gasteiger partial charge in [0.2, 0.25) is 0 Å². The van der Waals surface area contributed by atoms with Gasteiger partial charge in [-0.05, 0) is 24.6 Å². The van der Waals surface area contributed by atoms with E-state index in [-0.39, 0.29) is 11.0 Å². The van der Waals surface area contributed by atoms with Crippen molar-refractivity contribution >= 4 is 25.9 Å². The second kappa shape index (κ2) is 5.17. The summed E-state index contributed by atoms with van der Waals surface area (Å²) in [5.74, 6) is -0.164. The van der Waals surface area contributed by atoms with Crippen molar-refractivity contribution in [3.05, 3.63) is 11.6 Å². The van der Waals surface area contributed by atoms with Crippen molar-refractivity contribution in [1.82, 2.24) is 0 Å². The van der Waals surface area contributed by atoms with Crippen LogP contribution in [0.2, 0.25) is 18.1 Å². The predicted molar refractivity (Wildman–Crippen MR) is 67.5 cm³/mol. The molecule has 0 aliphatic carbocycles. The molecular formula is C11H21ClO2Si. The van der Waals surface area contributed by atoms with Gasteiger partial charge in [-0.15, -0.1) is 0 Å². The Kier molecular flexibility index (Phi) is 5.07. The second-order valence-electron chi connectivity index (χ2n) is 5.25. The quantitative estimate of drug-likeness (QED) is 0.701. The average molecular weight is 249 g/mol. The molecule has 0 aromatic carbocycles. The molecule has 2 nitrogen and oxygen atoms in total. The van der Waals surface area contributed by atoms with Crippen LogP contribution in [0.1, 0.15) is 33.6 Å². The van der Waals surface area contributed by atoms with E-state index in [2.05, 4.69) is 40.4 Å². The van der Waals surface area contributed by atoms with Crippen LogP contribution in [-0.2, 0) is 9.22 Å². The largest absolute Gasteiger partial charge is 0.519 e. The minimum atomic E-state index is -1.96. The third-order valence-electron chi connectivity index (χ3n) is 2.78. The lowest BCUT2D eigenvalue weighted by Gasteiger charge is -2.35. The van der Waals surface area contributed by atoms with Gasteiger partial charge in [-0.3, -0.25) is 4.79 Å². The van der Waals surface area contributed by atoms with Gasteiger partial charge >= 0.3 is 0 Å². The van der Waals surface area contributed by atoms with Gasteiger partial charge in [-0.1, -0.05) is 39.0 Å². The summed E-state index contributed by atoms with van der Waals surface area (Å²) in [7, 11) is -1.96. The Morgan fingerprint density at radius 3 is 2.13 bits per heavy atom. The topological polar surface area (TPSA) is 26.3 Å². The molecule has 0 atom stereocenters. The first kappa shape index (κ1) is 14.7. The van der Waals surface area contributed by atoms with Gasteiger partial charge in [0.15, 0.2) is 0 Å². The van der Waals surface area contributed by atoms with Crippen molar-refractivity contribution in [2.45, 2.75) is 51.7 Å². The average Bonchev–Trinajstić information content (AvgIpc) is 1.97. The molecule has 0 N–H and O–H groups in total. The predicted octanol–water partition coefficient (Wildman–Crippen LogP) is 4.07. The van der Waals surface area contributed by atoms with Crippen LogP contribution in [0.15, 0.2) is 11.6 Å². The van der Waals surface area contributed by atoms with Crippen LogP contribution >= 0.6 is 11.6 Å². The maximum Gasteiger partial charge on any atom is 0.292 e. The molecule has 15 heavy (non-hydrogen) atoms. The number of halogens is 1. The van der Waals surface area contributed by atoms with Gasteiger partial charge in [0.05, 0.1) is 0 Å². The van der Waals surface area contributed by atoms with Crippen molar-refractivity contribution < 1.29 is 9.22 Å². The fourth-order valence-electron chi connectivity index (χ4n) is 0.726. The highest BCUT2D eigenvalue weighted by Gasteiger charge is 2.40. The number of carbonyl (C=O) groups excluding carboxylic acids is 1. The molecule has 4 heteroatoms. The molecule has 0 radical (unpaired) electrons. The fraction of sp³-hybridized carbons (Fsp3) is 0.727. The zero-order valence-corrected chi connectivity index (χ0v) is 12.1. The number of allylic oxidation sites excluding steroid dienone is 1. The summed E-state index contributed by atoms with van der Waals surface area (Å²) < 4.78 is 5.55. The van der Waals surface area contributed by atoms with Crippen LogP contribution < -0.4 is 0 Å². The lowest BCUT2D eigenvalue weighted by Crippen LogP contribution is -2.42. The summed E-state index contributed by atoms with van der Waals surface area (Å²) in [4.78, 5) is 11.5. The molecular weight excluding hydrogens is 228 g/mol. The molecule has 88 valence electrons. The van der Waals surface area contributed by atoms with Crippen molar-refractivity contribution in [3.8, 4) is 0 Å². The second-order valence-corrected chi connectivity index (χ2v) is 10.5. The Bertz CT molecular complexity index is 254. The highest BCUT2D eigenvalue weighted by molar-refractivity contribution is 6.75. The summed E-state index contributed by atoms with van der Waals surface area (Å²) in [5.41, 5.74) is 0. The smallest absolute Gasteiger partial charge is 0.292 e. The molecule has 0 spiro atoms. The van der Waals surface area contributed by atoms with E-state index in [4.69, 9.17) is 16.0 Å². The van der Waals surface area contributed by atoms with Gasteiger partial charge in [-0.2, -0.15) is 0 Å². The first-order valence-electron chi connectivity index (χ1n) is 5.11. The zero-order valence-electron chi connectivity index (χ0n) is 10.3. The molecule has 0 bridgehead atoms. The van der Waals surface area contributed by atoms with Crippen LogP contribution in [0.4, 0.5) is 0 Å². The summed E-state index contributed by atoms with van der Waals surface area (Å²) in [6, 6.07) is 0. The molecule has 0 amide bonds. The van der Waals surface area contributed by atoms with E-state index in [9.17, 15) is 4.79 Å². The summed E-state index contributed by atoms with van der Waals surface area (Å²) in [5, 5.41) is 0.558. The van der Waals surface area contributed by atoms with Crippen LogP contribution in [0.5, 0.6) is 0 Å². The first-order chi connectivity index (χ1) is 6.56. The Balaban J connectivity index is 4.23. The maximum atomic E-state index is 11.5. The van der Waals surface area contributed by atoms with Crippen molar-refractivity contribution in [2.24, 2.45) is 0 Å². The van der Waals surface area contributed by atoms with Crippen LogP contribution in [-0.4, -0.2) is 14.3 Å². The number of hydrogen-bond acceptors (Lipinski definition) is 2. The Hall–Kier alpha value is -0.283. The summed E-state index contributed by atoms with van der Waals surface area (Å²) >= 11 is 5.59. The van der Waals surface area contributed by atoms with Gasteiger partial charge in [-0.25, -0.2) is 0 Å². The van der Waals surface area contributed by atoms with Crippen molar-refractivity contribution in [2.75, 3.05) is 0 Å². The van der Waals surface area contributed by atoms with E-state index >= 15 is 0 Å². The van der Waals surface area contributed by atoms with Gasteiger partial charge in [0.1, 0.15) is 0 Å². The number of rotatable bonds is 4. The van der Waals surface area contributed by atoms with Crippen molar-refractivity contribution in [3.63, 3.8) is 0 Å². The third kappa shape index (κ3) is 5.38. The van der Waals surface area contributed by atoms with E-state index < -0.39 is 8.32 Å². The zero-order chi connectivity index (χ0) is 12.3.